The summed E-state index contributed by atoms with van der Waals surface area (Å²) < 4.78 is 5.83. The van der Waals surface area contributed by atoms with E-state index in [2.05, 4.69) is 54.5 Å². The molecule has 0 bridgehead atoms. The molecule has 3 heteroatoms. The molecule has 0 unspecified atom stereocenters. The molecule has 0 saturated carbocycles. The fourth-order valence-electron chi connectivity index (χ4n) is 2.67. The Bertz CT molecular complexity index is 780. The summed E-state index contributed by atoms with van der Waals surface area (Å²) in [5.74, 6) is 0.861. The lowest BCUT2D eigenvalue weighted by Crippen LogP contribution is -2.01. The molecule has 0 amide bonds. The highest BCUT2D eigenvalue weighted by Crippen LogP contribution is 2.18. The standard InChI is InChI=1S/C21H22N2O/c1-16-10-17(2)12-20(11-16)23-14-18-6-5-8-21(13-18)24-15-19-7-3-4-9-22-19/h3-13,23H,14-15H2,1-2H3. The first-order valence-electron chi connectivity index (χ1n) is 8.13. The number of aromatic nitrogens is 1. The summed E-state index contributed by atoms with van der Waals surface area (Å²) in [5, 5.41) is 3.48. The topological polar surface area (TPSA) is 34.1 Å². The van der Waals surface area contributed by atoms with Crippen LogP contribution in [0.25, 0.3) is 0 Å². The number of benzene rings is 2. The molecule has 0 atom stereocenters. The third-order valence-corrected chi connectivity index (χ3v) is 3.73. The highest BCUT2D eigenvalue weighted by atomic mass is 16.5. The Hall–Kier alpha value is -2.81. The van der Waals surface area contributed by atoms with Crippen LogP contribution in [0.1, 0.15) is 22.4 Å². The first-order chi connectivity index (χ1) is 11.7. The minimum atomic E-state index is 0.481. The second kappa shape index (κ2) is 7.64. The summed E-state index contributed by atoms with van der Waals surface area (Å²) in [6.45, 7) is 5.48. The molecule has 1 heterocycles. The van der Waals surface area contributed by atoms with Gasteiger partial charge in [0.25, 0.3) is 0 Å². The van der Waals surface area contributed by atoms with E-state index in [1.165, 1.54) is 16.7 Å². The third kappa shape index (κ3) is 4.59. The van der Waals surface area contributed by atoms with Crippen LogP contribution in [-0.2, 0) is 13.2 Å². The normalized spacial score (nSPS) is 10.4. The smallest absolute Gasteiger partial charge is 0.130 e. The number of rotatable bonds is 6. The van der Waals surface area contributed by atoms with Crippen LogP contribution in [0.4, 0.5) is 5.69 Å². The average Bonchev–Trinajstić information content (AvgIpc) is 2.59. The number of ether oxygens (including phenoxy) is 1. The Morgan fingerprint density at radius 3 is 2.50 bits per heavy atom. The first kappa shape index (κ1) is 16.1. The van der Waals surface area contributed by atoms with Gasteiger partial charge in [0.15, 0.2) is 0 Å². The van der Waals surface area contributed by atoms with E-state index in [-0.39, 0.29) is 0 Å². The van der Waals surface area contributed by atoms with Gasteiger partial charge < -0.3 is 10.1 Å². The number of aryl methyl sites for hydroxylation is 2. The zero-order chi connectivity index (χ0) is 16.8. The summed E-state index contributed by atoms with van der Waals surface area (Å²) in [4.78, 5) is 4.27. The minimum Gasteiger partial charge on any atom is -0.487 e. The molecule has 3 nitrogen and oxygen atoms in total. The Kier molecular flexibility index (Phi) is 5.12. The van der Waals surface area contributed by atoms with Crippen molar-refractivity contribution in [2.24, 2.45) is 0 Å². The maximum absolute atomic E-state index is 5.83. The van der Waals surface area contributed by atoms with Crippen LogP contribution in [0.2, 0.25) is 0 Å². The van der Waals surface area contributed by atoms with Crippen molar-refractivity contribution in [3.8, 4) is 5.75 Å². The number of pyridine rings is 1. The molecule has 3 rings (SSSR count). The Morgan fingerprint density at radius 2 is 1.75 bits per heavy atom. The summed E-state index contributed by atoms with van der Waals surface area (Å²) in [7, 11) is 0. The Balaban J connectivity index is 1.60. The van der Waals surface area contributed by atoms with Crippen molar-refractivity contribution < 1.29 is 4.74 Å². The van der Waals surface area contributed by atoms with Gasteiger partial charge in [-0.1, -0.05) is 24.3 Å². The molecule has 0 radical (unpaired) electrons. The summed E-state index contributed by atoms with van der Waals surface area (Å²) in [6, 6.07) is 20.5. The van der Waals surface area contributed by atoms with E-state index in [0.717, 1.165) is 23.7 Å². The number of nitrogens with one attached hydrogen (secondary N) is 1. The van der Waals surface area contributed by atoms with Gasteiger partial charge in [-0.15, -0.1) is 0 Å². The predicted octanol–water partition coefficient (Wildman–Crippen LogP) is 4.89. The van der Waals surface area contributed by atoms with E-state index in [4.69, 9.17) is 4.74 Å². The van der Waals surface area contributed by atoms with E-state index in [1.807, 2.05) is 30.3 Å². The number of nitrogens with zero attached hydrogens (tertiary/aromatic N) is 1. The van der Waals surface area contributed by atoms with Crippen LogP contribution in [0.5, 0.6) is 5.75 Å². The van der Waals surface area contributed by atoms with Crippen LogP contribution in [0.15, 0.2) is 66.9 Å². The molecule has 0 aliphatic rings. The van der Waals surface area contributed by atoms with Crippen molar-refractivity contribution in [1.82, 2.24) is 4.98 Å². The zero-order valence-electron chi connectivity index (χ0n) is 14.1. The lowest BCUT2D eigenvalue weighted by atomic mass is 10.1. The van der Waals surface area contributed by atoms with Gasteiger partial charge >= 0.3 is 0 Å². The number of anilines is 1. The van der Waals surface area contributed by atoms with Gasteiger partial charge in [-0.25, -0.2) is 0 Å². The molecular weight excluding hydrogens is 296 g/mol. The van der Waals surface area contributed by atoms with Gasteiger partial charge in [0, 0.05) is 18.4 Å². The van der Waals surface area contributed by atoms with E-state index in [1.54, 1.807) is 6.20 Å². The summed E-state index contributed by atoms with van der Waals surface area (Å²) in [6.07, 6.45) is 1.78. The first-order valence-corrected chi connectivity index (χ1v) is 8.13. The predicted molar refractivity (Wildman–Crippen MR) is 98.3 cm³/mol. The highest BCUT2D eigenvalue weighted by molar-refractivity contribution is 5.49. The van der Waals surface area contributed by atoms with E-state index in [9.17, 15) is 0 Å². The molecule has 24 heavy (non-hydrogen) atoms. The largest absolute Gasteiger partial charge is 0.487 e. The summed E-state index contributed by atoms with van der Waals surface area (Å²) in [5.41, 5.74) is 5.80. The van der Waals surface area contributed by atoms with Crippen molar-refractivity contribution in [1.29, 1.82) is 0 Å². The highest BCUT2D eigenvalue weighted by Gasteiger charge is 2.00. The van der Waals surface area contributed by atoms with Gasteiger partial charge in [0.05, 0.1) is 5.69 Å². The van der Waals surface area contributed by atoms with Crippen molar-refractivity contribution >= 4 is 5.69 Å². The maximum Gasteiger partial charge on any atom is 0.130 e. The Labute approximate surface area is 143 Å². The van der Waals surface area contributed by atoms with Gasteiger partial charge in [0.1, 0.15) is 12.4 Å². The molecule has 0 spiro atoms. The number of hydrogen-bond acceptors (Lipinski definition) is 3. The monoisotopic (exact) mass is 318 g/mol. The second-order valence-corrected chi connectivity index (χ2v) is 5.99. The van der Waals surface area contributed by atoms with Gasteiger partial charge in [-0.05, 0) is 66.9 Å². The van der Waals surface area contributed by atoms with Gasteiger partial charge in [-0.3, -0.25) is 4.98 Å². The maximum atomic E-state index is 5.83. The lowest BCUT2D eigenvalue weighted by Gasteiger charge is -2.11. The SMILES string of the molecule is Cc1cc(C)cc(NCc2cccc(OCc3ccccn3)c2)c1. The molecule has 3 aromatic rings. The molecule has 1 N–H and O–H groups in total. The molecule has 2 aromatic carbocycles. The van der Waals surface area contributed by atoms with E-state index < -0.39 is 0 Å². The van der Waals surface area contributed by atoms with Gasteiger partial charge in [-0.2, -0.15) is 0 Å². The molecule has 1 aromatic heterocycles. The fourth-order valence-corrected chi connectivity index (χ4v) is 2.67. The van der Waals surface area contributed by atoms with Crippen LogP contribution in [-0.4, -0.2) is 4.98 Å². The van der Waals surface area contributed by atoms with Crippen molar-refractivity contribution in [2.75, 3.05) is 5.32 Å². The van der Waals surface area contributed by atoms with E-state index in [0.29, 0.717) is 6.61 Å². The average molecular weight is 318 g/mol. The second-order valence-electron chi connectivity index (χ2n) is 5.99. The lowest BCUT2D eigenvalue weighted by molar-refractivity contribution is 0.301. The quantitative estimate of drug-likeness (QED) is 0.702. The van der Waals surface area contributed by atoms with Crippen molar-refractivity contribution in [3.63, 3.8) is 0 Å². The fraction of sp³-hybridized carbons (Fsp3) is 0.190. The van der Waals surface area contributed by atoms with Crippen LogP contribution in [0.3, 0.4) is 0 Å². The van der Waals surface area contributed by atoms with E-state index >= 15 is 0 Å². The van der Waals surface area contributed by atoms with Crippen LogP contribution < -0.4 is 10.1 Å². The molecular formula is C21H22N2O. The molecule has 122 valence electrons. The van der Waals surface area contributed by atoms with Crippen molar-refractivity contribution in [3.05, 3.63) is 89.2 Å². The van der Waals surface area contributed by atoms with Crippen molar-refractivity contribution in [2.45, 2.75) is 27.0 Å². The molecule has 0 saturated heterocycles. The molecule has 0 fully saturated rings. The zero-order valence-corrected chi connectivity index (χ0v) is 14.1. The third-order valence-electron chi connectivity index (χ3n) is 3.73. The minimum absolute atomic E-state index is 0.481. The molecule has 0 aliphatic heterocycles. The summed E-state index contributed by atoms with van der Waals surface area (Å²) >= 11 is 0. The molecule has 0 aliphatic carbocycles. The van der Waals surface area contributed by atoms with Crippen LogP contribution >= 0.6 is 0 Å². The van der Waals surface area contributed by atoms with Gasteiger partial charge in [0.2, 0.25) is 0 Å². The Morgan fingerprint density at radius 1 is 0.917 bits per heavy atom. The number of hydrogen-bond donors (Lipinski definition) is 1. The van der Waals surface area contributed by atoms with Crippen LogP contribution in [0, 0.1) is 13.8 Å².